The number of hydrogen-bond donors (Lipinski definition) is 1. The van der Waals surface area contributed by atoms with Crippen LogP contribution in [0.15, 0.2) is 84.9 Å². The van der Waals surface area contributed by atoms with E-state index in [9.17, 15) is 19.2 Å². The van der Waals surface area contributed by atoms with Crippen LogP contribution in [0.25, 0.3) is 0 Å². The maximum atomic E-state index is 13.6. The molecule has 2 amide bonds. The summed E-state index contributed by atoms with van der Waals surface area (Å²) in [6.45, 7) is 9.43. The summed E-state index contributed by atoms with van der Waals surface area (Å²) >= 11 is 1.81. The van der Waals surface area contributed by atoms with E-state index in [1.54, 1.807) is 40.9 Å². The zero-order valence-electron chi connectivity index (χ0n) is 41.5. The fourth-order valence-electron chi connectivity index (χ4n) is 7.67. The molecule has 0 saturated carbocycles. The molecule has 3 heterocycles. The van der Waals surface area contributed by atoms with Crippen molar-refractivity contribution >= 4 is 41.2 Å². The lowest BCUT2D eigenvalue weighted by Gasteiger charge is -2.25. The van der Waals surface area contributed by atoms with Gasteiger partial charge in [0.15, 0.2) is 0 Å². The number of unbranched alkanes of at least 4 members (excludes halogenated alkanes) is 2. The Labute approximate surface area is 423 Å². The predicted molar refractivity (Wildman–Crippen MR) is 274 cm³/mol. The van der Waals surface area contributed by atoms with Crippen molar-refractivity contribution < 1.29 is 47.6 Å². The van der Waals surface area contributed by atoms with E-state index in [1.807, 2.05) is 67.6 Å². The molecule has 1 N–H and O–H groups in total. The van der Waals surface area contributed by atoms with Crippen molar-refractivity contribution in [1.82, 2.24) is 25.1 Å². The average Bonchev–Trinajstić information content (AvgIpc) is 3.39. The van der Waals surface area contributed by atoms with Crippen LogP contribution in [0.3, 0.4) is 0 Å². The first-order valence-corrected chi connectivity index (χ1v) is 25.5. The minimum absolute atomic E-state index is 0.0619. The summed E-state index contributed by atoms with van der Waals surface area (Å²) in [6.07, 6.45) is 8.48. The third-order valence-electron chi connectivity index (χ3n) is 11.7. The van der Waals surface area contributed by atoms with Gasteiger partial charge in [-0.05, 0) is 73.0 Å². The normalized spacial score (nSPS) is 15.9. The minimum atomic E-state index is -0.486. The van der Waals surface area contributed by atoms with Gasteiger partial charge in [0.2, 0.25) is 11.8 Å². The number of hydrogen-bond acceptors (Lipinski definition) is 15. The Morgan fingerprint density at radius 2 is 1.34 bits per heavy atom. The number of aromatic nitrogens is 2. The third kappa shape index (κ3) is 20.5. The van der Waals surface area contributed by atoms with Crippen molar-refractivity contribution in [2.75, 3.05) is 110 Å². The van der Waals surface area contributed by atoms with Gasteiger partial charge in [0.05, 0.1) is 90.2 Å². The molecule has 0 unspecified atom stereocenters. The number of rotatable bonds is 20. The lowest BCUT2D eigenvalue weighted by molar-refractivity contribution is -0.125. The highest BCUT2D eigenvalue weighted by Gasteiger charge is 2.21. The van der Waals surface area contributed by atoms with Crippen LogP contribution in [0.4, 0.5) is 5.69 Å². The lowest BCUT2D eigenvalue weighted by Crippen LogP contribution is -2.35. The molecular formula is C54H70N6O10S. The van der Waals surface area contributed by atoms with Crippen LogP contribution in [0.2, 0.25) is 0 Å². The zero-order chi connectivity index (χ0) is 50.5. The van der Waals surface area contributed by atoms with Crippen LogP contribution in [0.5, 0.6) is 0 Å². The van der Waals surface area contributed by atoms with E-state index in [2.05, 4.69) is 31.0 Å². The number of esters is 2. The zero-order valence-corrected chi connectivity index (χ0v) is 42.3. The Morgan fingerprint density at radius 1 is 0.732 bits per heavy atom. The van der Waals surface area contributed by atoms with E-state index >= 15 is 0 Å². The van der Waals surface area contributed by atoms with Crippen molar-refractivity contribution in [1.29, 1.82) is 0 Å². The number of methoxy groups -OCH3 is 2. The average molecular weight is 995 g/mol. The summed E-state index contributed by atoms with van der Waals surface area (Å²) in [4.78, 5) is 66.0. The number of aryl methyl sites for hydroxylation is 1. The molecule has 71 heavy (non-hydrogen) atoms. The van der Waals surface area contributed by atoms with Gasteiger partial charge in [0, 0.05) is 70.0 Å². The number of carbonyl (C=O) groups is 4. The minimum Gasteiger partial charge on any atom is -0.464 e. The number of para-hydroxylation sites is 1. The molecule has 0 radical (unpaired) electrons. The molecular weight excluding hydrogens is 925 g/mol. The standard InChI is InChI=1S/C54H70N6O10S/c1-5-43-16-9-10-22-50(43)60(37-44-17-8-7-15-42(44)2)52(62)24-23-51(61)55-25-11-6-12-36-71-41-47-40-69-32-28-58(38-45-18-13-20-48(56-45)53(63)65-3)26-30-67-34-35-68-31-27-59(29-33-70-47)39-46-19-14-21-49(57-46)54(64)66-4/h1,7-10,13-22,47H,6,11-12,23-41H2,2-4H3,(H,55,61)/t47-/m0/s1. The molecule has 4 aromatic rings. The van der Waals surface area contributed by atoms with E-state index in [1.165, 1.54) is 14.2 Å². The molecule has 0 bridgehead atoms. The Kier molecular flexibility index (Phi) is 25.6. The predicted octanol–water partition coefficient (Wildman–Crippen LogP) is 6.13. The van der Waals surface area contributed by atoms with Gasteiger partial charge in [-0.3, -0.25) is 19.4 Å². The van der Waals surface area contributed by atoms with Gasteiger partial charge >= 0.3 is 11.9 Å². The fourth-order valence-corrected chi connectivity index (χ4v) is 8.70. The highest BCUT2D eigenvalue weighted by molar-refractivity contribution is 7.99. The van der Waals surface area contributed by atoms with Crippen LogP contribution < -0.4 is 10.2 Å². The number of pyridine rings is 2. The topological polar surface area (TPSA) is 171 Å². The molecule has 1 fully saturated rings. The Hall–Kier alpha value is -5.71. The molecule has 5 rings (SSSR count). The number of amides is 2. The largest absolute Gasteiger partial charge is 0.464 e. The number of nitrogens with one attached hydrogen (secondary N) is 1. The quantitative estimate of drug-likeness (QED) is 0.0609. The van der Waals surface area contributed by atoms with Gasteiger partial charge in [-0.15, -0.1) is 6.42 Å². The van der Waals surface area contributed by atoms with Crippen LogP contribution in [-0.4, -0.2) is 154 Å². The maximum absolute atomic E-state index is 13.6. The molecule has 0 spiro atoms. The smallest absolute Gasteiger partial charge is 0.356 e. The van der Waals surface area contributed by atoms with Crippen molar-refractivity contribution in [3.05, 3.63) is 124 Å². The summed E-state index contributed by atoms with van der Waals surface area (Å²) < 4.78 is 34.5. The second-order valence-electron chi connectivity index (χ2n) is 16.9. The number of benzene rings is 2. The molecule has 1 aliphatic heterocycles. The van der Waals surface area contributed by atoms with Gasteiger partial charge in [-0.25, -0.2) is 19.6 Å². The molecule has 382 valence electrons. The second-order valence-corrected chi connectivity index (χ2v) is 18.1. The molecule has 1 atom stereocenters. The molecule has 16 nitrogen and oxygen atoms in total. The summed E-state index contributed by atoms with van der Waals surface area (Å²) in [5.74, 6) is 3.04. The Morgan fingerprint density at radius 3 is 1.97 bits per heavy atom. The van der Waals surface area contributed by atoms with E-state index in [-0.39, 0.29) is 42.1 Å². The Bertz CT molecular complexity index is 2310. The first-order valence-electron chi connectivity index (χ1n) is 24.3. The highest BCUT2D eigenvalue weighted by atomic mass is 32.2. The van der Waals surface area contributed by atoms with Crippen LogP contribution in [0.1, 0.15) is 81.2 Å². The molecule has 1 saturated heterocycles. The SMILES string of the molecule is C#Cc1ccccc1N(Cc1ccccc1C)C(=O)CCC(=O)NCCCCCSC[C@@H]1COCCN(Cc2cccc(C(=O)OC)n2)CCOCCOCCN(Cc2cccc(C(=O)OC)n2)CCO1. The first-order chi connectivity index (χ1) is 34.7. The summed E-state index contributed by atoms with van der Waals surface area (Å²) in [6, 6.07) is 25.9. The Balaban J connectivity index is 1.09. The van der Waals surface area contributed by atoms with E-state index in [0.717, 1.165) is 53.3 Å². The molecule has 2 aromatic heterocycles. The second kappa shape index (κ2) is 32.3. The third-order valence-corrected chi connectivity index (χ3v) is 12.8. The molecule has 17 heteroatoms. The maximum Gasteiger partial charge on any atom is 0.356 e. The fraction of sp³-hybridized carbons (Fsp3) is 0.481. The van der Waals surface area contributed by atoms with Gasteiger partial charge in [0.1, 0.15) is 11.4 Å². The van der Waals surface area contributed by atoms with Crippen molar-refractivity contribution in [3.8, 4) is 12.3 Å². The monoisotopic (exact) mass is 994 g/mol. The number of thioether (sulfide) groups is 1. The number of ether oxygens (including phenoxy) is 6. The van der Waals surface area contributed by atoms with Crippen LogP contribution >= 0.6 is 11.8 Å². The van der Waals surface area contributed by atoms with Crippen molar-refractivity contribution in [2.24, 2.45) is 0 Å². The number of anilines is 1. The van der Waals surface area contributed by atoms with Crippen molar-refractivity contribution in [2.45, 2.75) is 64.8 Å². The summed E-state index contributed by atoms with van der Waals surface area (Å²) in [7, 11) is 2.68. The first kappa shape index (κ1) is 56.2. The molecule has 2 aromatic carbocycles. The van der Waals surface area contributed by atoms with E-state index in [4.69, 9.17) is 34.8 Å². The van der Waals surface area contributed by atoms with E-state index in [0.29, 0.717) is 110 Å². The van der Waals surface area contributed by atoms with Gasteiger partial charge in [0.25, 0.3) is 0 Å². The van der Waals surface area contributed by atoms with E-state index < -0.39 is 11.9 Å². The summed E-state index contributed by atoms with van der Waals surface area (Å²) in [5.41, 5.74) is 5.35. The molecule has 0 aliphatic carbocycles. The van der Waals surface area contributed by atoms with Gasteiger partial charge < -0.3 is 38.6 Å². The highest BCUT2D eigenvalue weighted by Crippen LogP contribution is 2.24. The number of nitrogens with zero attached hydrogens (tertiary/aromatic N) is 5. The number of carbonyl (C=O) groups excluding carboxylic acids is 4. The van der Waals surface area contributed by atoms with Crippen molar-refractivity contribution in [3.63, 3.8) is 0 Å². The van der Waals surface area contributed by atoms with Gasteiger partial charge in [-0.1, -0.05) is 60.9 Å². The van der Waals surface area contributed by atoms with Crippen LogP contribution in [-0.2, 0) is 57.6 Å². The number of terminal acetylenes is 1. The molecule has 1 aliphatic rings. The van der Waals surface area contributed by atoms with Gasteiger partial charge in [-0.2, -0.15) is 11.8 Å². The summed E-state index contributed by atoms with van der Waals surface area (Å²) in [5, 5.41) is 3.00. The lowest BCUT2D eigenvalue weighted by atomic mass is 10.1. The van der Waals surface area contributed by atoms with Crippen LogP contribution in [0, 0.1) is 19.3 Å².